The number of rotatable bonds is 2. The van der Waals surface area contributed by atoms with Crippen molar-refractivity contribution in [3.8, 4) is 11.5 Å². The number of aromatic carboxylic acids is 2. The largest absolute Gasteiger partial charge is 2.00 e. The zero-order valence-electron chi connectivity index (χ0n) is 19.4. The molecule has 0 atom stereocenters. The van der Waals surface area contributed by atoms with Crippen LogP contribution in [-0.4, -0.2) is 37.6 Å². The van der Waals surface area contributed by atoms with Gasteiger partial charge in [-0.1, -0.05) is 24.3 Å². The Hall–Kier alpha value is -4.44. The van der Waals surface area contributed by atoms with E-state index in [1.807, 2.05) is 12.1 Å². The molecule has 2 aromatic heterocycles. The molecule has 0 aliphatic carbocycles. The topological polar surface area (TPSA) is 211 Å². The monoisotopic (exact) mass is 555 g/mol. The van der Waals surface area contributed by atoms with Crippen LogP contribution in [0.1, 0.15) is 20.7 Å². The smallest absolute Gasteiger partial charge is 0.545 e. The molecule has 0 aliphatic heterocycles. The number of benzene rings is 3. The average Bonchev–Trinajstić information content (AvgIpc) is 2.85. The van der Waals surface area contributed by atoms with Crippen molar-refractivity contribution in [2.75, 3.05) is 0 Å². The molecular weight excluding hydrogens is 534 g/mol. The van der Waals surface area contributed by atoms with Gasteiger partial charge in [0.15, 0.2) is 0 Å². The summed E-state index contributed by atoms with van der Waals surface area (Å²) in [7, 11) is 0. The summed E-state index contributed by atoms with van der Waals surface area (Å²) in [4.78, 5) is 28.9. The number of phenolic OH excluding ortho intramolecular Hbond substituents is 2. The van der Waals surface area contributed by atoms with E-state index < -0.39 is 11.9 Å². The number of aromatic hydroxyl groups is 2. The summed E-state index contributed by atoms with van der Waals surface area (Å²) in [5.41, 5.74) is 2.09. The first-order valence-electron chi connectivity index (χ1n) is 9.94. The van der Waals surface area contributed by atoms with Gasteiger partial charge in [0.2, 0.25) is 0 Å². The Morgan fingerprint density at radius 2 is 0.919 bits per heavy atom. The van der Waals surface area contributed by atoms with Crippen molar-refractivity contribution in [1.82, 2.24) is 9.97 Å². The van der Waals surface area contributed by atoms with Crippen molar-refractivity contribution in [3.05, 3.63) is 108 Å². The zero-order chi connectivity index (χ0) is 24.5. The Balaban J connectivity index is 0.000000517. The second-order valence-corrected chi connectivity index (χ2v) is 6.88. The number of carboxylic acids is 2. The van der Waals surface area contributed by atoms with Gasteiger partial charge in [-0.25, -0.2) is 0 Å². The molecule has 0 radical (unpaired) electrons. The summed E-state index contributed by atoms with van der Waals surface area (Å²) in [5.74, 6) is -2.38. The zero-order valence-corrected chi connectivity index (χ0v) is 22.4. The molecular formula is C26H23N2O8Zn+. The van der Waals surface area contributed by atoms with Crippen LogP contribution < -0.4 is 10.2 Å². The van der Waals surface area contributed by atoms with Gasteiger partial charge in [0.25, 0.3) is 0 Å². The third kappa shape index (κ3) is 9.27. The Morgan fingerprint density at radius 3 is 1.22 bits per heavy atom. The van der Waals surface area contributed by atoms with Crippen LogP contribution in [0.15, 0.2) is 97.3 Å². The number of hydrogen-bond donors (Lipinski definition) is 2. The summed E-state index contributed by atoms with van der Waals surface area (Å²) in [6, 6.07) is 22.5. The fourth-order valence-corrected chi connectivity index (χ4v) is 2.87. The number of carbonyl (C=O) groups excluding carboxylic acids is 2. The second kappa shape index (κ2) is 15.5. The number of hydrogen-bond acceptors (Lipinski definition) is 8. The fraction of sp³-hybridized carbons (Fsp3) is 0. The molecule has 7 N–H and O–H groups in total. The van der Waals surface area contributed by atoms with E-state index in [0.29, 0.717) is 0 Å². The van der Waals surface area contributed by atoms with Crippen LogP contribution >= 0.6 is 0 Å². The van der Waals surface area contributed by atoms with Gasteiger partial charge < -0.3 is 41.0 Å². The molecule has 0 unspecified atom stereocenters. The van der Waals surface area contributed by atoms with E-state index in [1.54, 1.807) is 12.4 Å². The maximum atomic E-state index is 10.1. The van der Waals surface area contributed by atoms with Crippen LogP contribution in [-0.2, 0) is 25.0 Å². The van der Waals surface area contributed by atoms with Gasteiger partial charge >= 0.3 is 19.5 Å². The Labute approximate surface area is 223 Å². The van der Waals surface area contributed by atoms with E-state index in [2.05, 4.69) is 34.2 Å². The molecule has 0 saturated heterocycles. The first kappa shape index (κ1) is 32.6. The minimum Gasteiger partial charge on any atom is -0.545 e. The molecule has 0 saturated carbocycles. The number of aromatic nitrogens is 2. The van der Waals surface area contributed by atoms with Crippen LogP contribution in [0.3, 0.4) is 0 Å². The average molecular weight is 557 g/mol. The number of fused-ring (bicyclic) bond motifs is 3. The predicted octanol–water partition coefficient (Wildman–Crippen LogP) is 0.545. The minimum atomic E-state index is -1.24. The molecule has 0 fully saturated rings. The van der Waals surface area contributed by atoms with Crippen LogP contribution in [0.4, 0.5) is 0 Å². The molecule has 2 heterocycles. The van der Waals surface area contributed by atoms with E-state index in [9.17, 15) is 19.8 Å². The standard InChI is InChI=1S/C12H8N2.2C7H6O3.2H2O.Zn/c1-3-9-5-6-10-4-2-8-14-12(10)11(9)13-7-1;2*8-6-3-1-5(2-4-6)7(9)10;;;/h1-8H;2*1-4,8H,(H,9,10);2*1H2;/q;;;;;+2/p-1. The number of carbonyl (C=O) groups is 2. The van der Waals surface area contributed by atoms with Crippen molar-refractivity contribution >= 4 is 33.7 Å². The van der Waals surface area contributed by atoms with Gasteiger partial charge in [-0.15, -0.1) is 0 Å². The summed E-state index contributed by atoms with van der Waals surface area (Å²) in [6.07, 6.45) is 3.60. The van der Waals surface area contributed by atoms with Crippen LogP contribution in [0.25, 0.3) is 21.8 Å². The van der Waals surface area contributed by atoms with E-state index >= 15 is 0 Å². The van der Waals surface area contributed by atoms with Crippen molar-refractivity contribution < 1.29 is 60.4 Å². The van der Waals surface area contributed by atoms with Gasteiger partial charge in [-0.2, -0.15) is 0 Å². The molecule has 0 amide bonds. The van der Waals surface area contributed by atoms with Gasteiger partial charge in [0.1, 0.15) is 11.5 Å². The van der Waals surface area contributed by atoms with Crippen molar-refractivity contribution in [2.24, 2.45) is 0 Å². The Morgan fingerprint density at radius 1 is 0.595 bits per heavy atom. The van der Waals surface area contributed by atoms with Gasteiger partial charge in [-0.3, -0.25) is 9.97 Å². The molecule has 10 nitrogen and oxygen atoms in total. The van der Waals surface area contributed by atoms with E-state index in [0.717, 1.165) is 21.8 Å². The third-order valence-corrected chi connectivity index (χ3v) is 4.55. The van der Waals surface area contributed by atoms with Crippen LogP contribution in [0.2, 0.25) is 0 Å². The summed E-state index contributed by atoms with van der Waals surface area (Å²) >= 11 is 0. The number of pyridine rings is 2. The summed E-state index contributed by atoms with van der Waals surface area (Å²) in [6.45, 7) is 0. The first-order chi connectivity index (χ1) is 16.3. The Bertz CT molecular complexity index is 1320. The van der Waals surface area contributed by atoms with Crippen molar-refractivity contribution in [1.29, 1.82) is 0 Å². The summed E-state index contributed by atoms with van der Waals surface area (Å²) in [5, 5.41) is 40.0. The molecule has 11 heteroatoms. The molecule has 5 aromatic rings. The van der Waals surface area contributed by atoms with Crippen LogP contribution in [0, 0.1) is 0 Å². The quantitative estimate of drug-likeness (QED) is 0.177. The van der Waals surface area contributed by atoms with Crippen LogP contribution in [0.5, 0.6) is 11.5 Å². The van der Waals surface area contributed by atoms with E-state index in [1.165, 1.54) is 48.5 Å². The number of phenols is 2. The first-order valence-corrected chi connectivity index (χ1v) is 9.94. The molecule has 186 valence electrons. The maximum absolute atomic E-state index is 10.1. The van der Waals surface area contributed by atoms with Crippen molar-refractivity contribution in [3.63, 3.8) is 0 Å². The Kier molecular flexibility index (Phi) is 13.7. The van der Waals surface area contributed by atoms with E-state index in [-0.39, 0.29) is 53.1 Å². The molecule has 0 aliphatic rings. The van der Waals surface area contributed by atoms with E-state index in [4.69, 9.17) is 10.2 Å². The van der Waals surface area contributed by atoms with Crippen molar-refractivity contribution in [2.45, 2.75) is 0 Å². The molecule has 37 heavy (non-hydrogen) atoms. The minimum absolute atomic E-state index is 0. The fourth-order valence-electron chi connectivity index (χ4n) is 2.87. The molecule has 3 aromatic carbocycles. The van der Waals surface area contributed by atoms with Gasteiger partial charge in [-0.05, 0) is 71.8 Å². The number of nitrogens with zero attached hydrogens (tertiary/aromatic N) is 2. The third-order valence-electron chi connectivity index (χ3n) is 4.55. The number of carboxylic acid groups (broad SMARTS) is 2. The summed E-state index contributed by atoms with van der Waals surface area (Å²) < 4.78 is 0. The molecule has 0 spiro atoms. The predicted molar refractivity (Wildman–Crippen MR) is 130 cm³/mol. The normalized spacial score (nSPS) is 9.08. The van der Waals surface area contributed by atoms with Gasteiger partial charge in [0.05, 0.1) is 23.0 Å². The molecule has 0 bridgehead atoms. The van der Waals surface area contributed by atoms with Gasteiger partial charge in [0, 0.05) is 23.2 Å². The molecule has 5 rings (SSSR count). The SMILES string of the molecule is O.O=C([O-])c1ccc(O)cc1.O=C([O-])c1ccc(O)cc1.[OH3+].[Zn+2].c1cnc2c(c1)ccc1cccnc12. The maximum Gasteiger partial charge on any atom is 2.00 e. The second-order valence-electron chi connectivity index (χ2n) is 6.88.